The molecule has 0 radical (unpaired) electrons. The van der Waals surface area contributed by atoms with Crippen LogP contribution in [0.1, 0.15) is 31.2 Å². The van der Waals surface area contributed by atoms with E-state index in [9.17, 15) is 0 Å². The molecule has 2 aliphatic rings. The van der Waals surface area contributed by atoms with E-state index in [4.69, 9.17) is 8.85 Å². The molecule has 0 spiro atoms. The van der Waals surface area contributed by atoms with Gasteiger partial charge >= 0.3 is 0 Å². The van der Waals surface area contributed by atoms with Gasteiger partial charge < -0.3 is 8.85 Å². The van der Waals surface area contributed by atoms with Crippen LogP contribution in [0.5, 0.6) is 0 Å². The Hall–Kier alpha value is -0.686. The maximum atomic E-state index is 6.10. The fraction of sp³-hybridized carbons (Fsp3) is 0.556. The Bertz CT molecular complexity index is 463. The predicted octanol–water partition coefficient (Wildman–Crippen LogP) is 4.14. The molecular formula is C18H28O2Si2. The van der Waals surface area contributed by atoms with Crippen LogP contribution < -0.4 is 0 Å². The number of hydrogen-bond donors (Lipinski definition) is 0. The van der Waals surface area contributed by atoms with Crippen LogP contribution in [0.3, 0.4) is 0 Å². The van der Waals surface area contributed by atoms with E-state index < -0.39 is 18.1 Å². The van der Waals surface area contributed by atoms with Crippen LogP contribution in [0.25, 0.3) is 5.57 Å². The van der Waals surface area contributed by atoms with Gasteiger partial charge in [-0.3, -0.25) is 0 Å². The Morgan fingerprint density at radius 1 is 0.909 bits per heavy atom. The van der Waals surface area contributed by atoms with Crippen molar-refractivity contribution in [2.45, 2.75) is 49.9 Å². The van der Waals surface area contributed by atoms with E-state index in [1.165, 1.54) is 61.0 Å². The van der Waals surface area contributed by atoms with E-state index in [1.807, 2.05) is 0 Å². The third-order valence-electron chi connectivity index (χ3n) is 4.77. The van der Waals surface area contributed by atoms with Gasteiger partial charge in [0.1, 0.15) is 0 Å². The smallest absolute Gasteiger partial charge is 0.181 e. The van der Waals surface area contributed by atoms with Crippen LogP contribution in [0.4, 0.5) is 0 Å². The standard InChI is InChI=1S/C18H28O2Si2/c1-2-8-17(9-3-1)18(16-22-14-7-5-12-20-22)10-15-21-13-6-4-11-19-21/h1-3,8-10,21-22H,4-7,11-16H2. The summed E-state index contributed by atoms with van der Waals surface area (Å²) in [4.78, 5) is 0. The molecule has 3 rings (SSSR count). The van der Waals surface area contributed by atoms with E-state index in [1.54, 1.807) is 0 Å². The molecule has 2 nitrogen and oxygen atoms in total. The molecule has 0 aliphatic carbocycles. The molecule has 22 heavy (non-hydrogen) atoms. The van der Waals surface area contributed by atoms with Crippen LogP contribution in [-0.4, -0.2) is 31.3 Å². The lowest BCUT2D eigenvalue weighted by molar-refractivity contribution is 0.288. The van der Waals surface area contributed by atoms with Crippen molar-refractivity contribution >= 4 is 23.7 Å². The molecule has 2 fully saturated rings. The Balaban J connectivity index is 1.67. The minimum atomic E-state index is -1.02. The molecule has 2 atom stereocenters. The summed E-state index contributed by atoms with van der Waals surface area (Å²) in [6.45, 7) is 2.01. The Morgan fingerprint density at radius 2 is 1.59 bits per heavy atom. The topological polar surface area (TPSA) is 18.5 Å². The van der Waals surface area contributed by atoms with Gasteiger partial charge in [-0.15, -0.1) is 0 Å². The maximum Gasteiger partial charge on any atom is 0.181 e. The lowest BCUT2D eigenvalue weighted by atomic mass is 10.1. The van der Waals surface area contributed by atoms with Crippen LogP contribution in [0.15, 0.2) is 36.4 Å². The molecule has 0 N–H and O–H groups in total. The first-order valence-electron chi connectivity index (χ1n) is 8.89. The summed E-state index contributed by atoms with van der Waals surface area (Å²) < 4.78 is 12.1. The van der Waals surface area contributed by atoms with Crippen LogP contribution in [0.2, 0.25) is 24.2 Å². The third kappa shape index (κ3) is 4.91. The van der Waals surface area contributed by atoms with Crippen molar-refractivity contribution in [2.75, 3.05) is 13.2 Å². The molecule has 1 aromatic carbocycles. The largest absolute Gasteiger partial charge is 0.420 e. The van der Waals surface area contributed by atoms with Crippen molar-refractivity contribution in [1.29, 1.82) is 0 Å². The van der Waals surface area contributed by atoms with Crippen molar-refractivity contribution in [3.8, 4) is 0 Å². The van der Waals surface area contributed by atoms with Gasteiger partial charge in [0.05, 0.1) is 0 Å². The van der Waals surface area contributed by atoms with E-state index >= 15 is 0 Å². The summed E-state index contributed by atoms with van der Waals surface area (Å²) in [5.74, 6) is 0. The Morgan fingerprint density at radius 3 is 2.23 bits per heavy atom. The van der Waals surface area contributed by atoms with Gasteiger partial charge in [0.25, 0.3) is 0 Å². The van der Waals surface area contributed by atoms with Gasteiger partial charge in [-0.25, -0.2) is 0 Å². The first-order chi connectivity index (χ1) is 10.9. The monoisotopic (exact) mass is 332 g/mol. The van der Waals surface area contributed by atoms with Gasteiger partial charge in [0.2, 0.25) is 0 Å². The molecule has 4 heteroatoms. The fourth-order valence-corrected chi connectivity index (χ4v) is 8.41. The number of hydrogen-bond acceptors (Lipinski definition) is 2. The van der Waals surface area contributed by atoms with Gasteiger partial charge in [-0.2, -0.15) is 0 Å². The SMILES string of the molecule is C(C[SiH]1CCCCO1)=C(C[SiH]1CCCCO1)c1ccccc1. The van der Waals surface area contributed by atoms with Crippen molar-refractivity contribution in [2.24, 2.45) is 0 Å². The summed E-state index contributed by atoms with van der Waals surface area (Å²) in [6, 6.07) is 16.0. The summed E-state index contributed by atoms with van der Waals surface area (Å²) >= 11 is 0. The molecule has 0 bridgehead atoms. The quantitative estimate of drug-likeness (QED) is 0.755. The van der Waals surface area contributed by atoms with Crippen LogP contribution >= 0.6 is 0 Å². The summed E-state index contributed by atoms with van der Waals surface area (Å²) in [5, 5.41) is 0. The van der Waals surface area contributed by atoms with E-state index in [0.29, 0.717) is 0 Å². The molecule has 0 amide bonds. The Kier molecular flexibility index (Phi) is 6.49. The van der Waals surface area contributed by atoms with Crippen LogP contribution in [-0.2, 0) is 8.85 Å². The summed E-state index contributed by atoms with van der Waals surface area (Å²) in [5.41, 5.74) is 2.93. The molecule has 0 aromatic heterocycles. The third-order valence-corrected chi connectivity index (χ3v) is 9.94. The molecule has 2 aliphatic heterocycles. The number of benzene rings is 1. The van der Waals surface area contributed by atoms with Crippen molar-refractivity contribution in [1.82, 2.24) is 0 Å². The maximum absolute atomic E-state index is 6.10. The molecule has 1 aromatic rings. The summed E-state index contributed by atoms with van der Waals surface area (Å²) in [7, 11) is -1.99. The molecule has 2 saturated heterocycles. The highest BCUT2D eigenvalue weighted by Gasteiger charge is 2.20. The summed E-state index contributed by atoms with van der Waals surface area (Å²) in [6.07, 6.45) is 7.78. The second-order valence-electron chi connectivity index (χ2n) is 6.51. The van der Waals surface area contributed by atoms with Crippen molar-refractivity contribution in [3.05, 3.63) is 42.0 Å². The molecular weight excluding hydrogens is 304 g/mol. The highest BCUT2D eigenvalue weighted by Crippen LogP contribution is 2.27. The minimum absolute atomic E-state index is 0.964. The van der Waals surface area contributed by atoms with Gasteiger partial charge in [-0.1, -0.05) is 49.2 Å². The second kappa shape index (κ2) is 8.82. The Labute approximate surface area is 138 Å². The van der Waals surface area contributed by atoms with Gasteiger partial charge in [-0.05, 0) is 48.2 Å². The molecule has 2 unspecified atom stereocenters. The van der Waals surface area contributed by atoms with E-state index in [2.05, 4.69) is 36.4 Å². The minimum Gasteiger partial charge on any atom is -0.420 e. The van der Waals surface area contributed by atoms with E-state index in [0.717, 1.165) is 13.2 Å². The van der Waals surface area contributed by atoms with Crippen molar-refractivity contribution < 1.29 is 8.85 Å². The van der Waals surface area contributed by atoms with Gasteiger partial charge in [0, 0.05) is 13.2 Å². The zero-order valence-corrected chi connectivity index (χ0v) is 15.8. The lowest BCUT2D eigenvalue weighted by Gasteiger charge is -2.23. The van der Waals surface area contributed by atoms with Crippen molar-refractivity contribution in [3.63, 3.8) is 0 Å². The number of rotatable bonds is 5. The second-order valence-corrected chi connectivity index (χ2v) is 11.7. The molecule has 0 saturated carbocycles. The number of allylic oxidation sites excluding steroid dienone is 2. The normalized spacial score (nSPS) is 26.8. The molecule has 2 heterocycles. The zero-order valence-electron chi connectivity index (χ0n) is 13.5. The zero-order chi connectivity index (χ0) is 15.0. The fourth-order valence-electron chi connectivity index (χ4n) is 3.45. The first-order valence-corrected chi connectivity index (χ1v) is 13.1. The average Bonchev–Trinajstić information content (AvgIpc) is 2.61. The highest BCUT2D eigenvalue weighted by molar-refractivity contribution is 6.55. The van der Waals surface area contributed by atoms with E-state index in [-0.39, 0.29) is 0 Å². The van der Waals surface area contributed by atoms with Crippen LogP contribution in [0, 0.1) is 0 Å². The van der Waals surface area contributed by atoms with Gasteiger partial charge in [0.15, 0.2) is 18.1 Å². The average molecular weight is 333 g/mol. The lowest BCUT2D eigenvalue weighted by Crippen LogP contribution is -2.24. The molecule has 120 valence electrons. The predicted molar refractivity (Wildman–Crippen MR) is 98.3 cm³/mol. The first kappa shape index (κ1) is 16.2. The highest BCUT2D eigenvalue weighted by atomic mass is 28.3.